The molecule has 3 aliphatic heterocycles. The Balaban J connectivity index is 1.19. The molecule has 1 amide bonds. The second kappa shape index (κ2) is 8.04. The highest BCUT2D eigenvalue weighted by atomic mass is 79.9. The molecule has 1 unspecified atom stereocenters. The Bertz CT molecular complexity index is 1350. The molecule has 0 N–H and O–H groups in total. The number of aromatic nitrogens is 1. The molecule has 0 saturated carbocycles. The van der Waals surface area contributed by atoms with Gasteiger partial charge in [-0.2, -0.15) is 4.31 Å². The molecule has 0 aliphatic carbocycles. The molecule has 3 aromatic rings. The summed E-state index contributed by atoms with van der Waals surface area (Å²) in [5.41, 5.74) is 1.14. The van der Waals surface area contributed by atoms with Crippen molar-refractivity contribution in [1.29, 1.82) is 0 Å². The number of hydrogen-bond donors (Lipinski definition) is 0. The lowest BCUT2D eigenvalue weighted by atomic mass is 9.91. The molecule has 11 heteroatoms. The van der Waals surface area contributed by atoms with Crippen LogP contribution in [0.25, 0.3) is 11.0 Å². The number of fused-ring (bicyclic) bond motifs is 2. The fourth-order valence-corrected chi connectivity index (χ4v) is 6.81. The van der Waals surface area contributed by atoms with Crippen molar-refractivity contribution in [2.45, 2.75) is 29.8 Å². The first-order valence-corrected chi connectivity index (χ1v) is 13.4. The number of ether oxygens (including phenoxy) is 1. The van der Waals surface area contributed by atoms with E-state index in [1.54, 1.807) is 35.5 Å². The van der Waals surface area contributed by atoms with E-state index in [-0.39, 0.29) is 24.1 Å². The molecular formula is C23H23BrN4O5S. The second-order valence-corrected chi connectivity index (χ2v) is 11.8. The number of sulfonamides is 1. The monoisotopic (exact) mass is 546 g/mol. The average molecular weight is 547 g/mol. The van der Waals surface area contributed by atoms with E-state index in [0.717, 1.165) is 36.1 Å². The number of carbonyl (C=O) groups is 1. The van der Waals surface area contributed by atoms with Gasteiger partial charge in [-0.05, 0) is 43.2 Å². The van der Waals surface area contributed by atoms with E-state index in [1.165, 1.54) is 10.4 Å². The Kier molecular flexibility index (Phi) is 5.21. The van der Waals surface area contributed by atoms with Gasteiger partial charge in [0, 0.05) is 47.1 Å². The highest BCUT2D eigenvalue weighted by Crippen LogP contribution is 2.39. The van der Waals surface area contributed by atoms with E-state index in [0.29, 0.717) is 17.5 Å². The third kappa shape index (κ3) is 3.71. The lowest BCUT2D eigenvalue weighted by molar-refractivity contribution is -0.144. The number of amides is 1. The average Bonchev–Trinajstić information content (AvgIpc) is 3.42. The fraction of sp³-hybridized carbons (Fsp3) is 0.391. The summed E-state index contributed by atoms with van der Waals surface area (Å²) >= 11 is 3.39. The quantitative estimate of drug-likeness (QED) is 0.498. The van der Waals surface area contributed by atoms with Gasteiger partial charge in [0.1, 0.15) is 11.8 Å². The van der Waals surface area contributed by atoms with Crippen LogP contribution >= 0.6 is 15.9 Å². The Morgan fingerprint density at radius 1 is 1.09 bits per heavy atom. The molecule has 3 fully saturated rings. The van der Waals surface area contributed by atoms with Crippen molar-refractivity contribution >= 4 is 48.5 Å². The number of carbonyl (C=O) groups excluding carboxylic acids is 1. The maximum Gasteiger partial charge on any atom is 0.277 e. The smallest absolute Gasteiger partial charge is 0.277 e. The second-order valence-electron chi connectivity index (χ2n) is 9.01. The highest BCUT2D eigenvalue weighted by Gasteiger charge is 2.52. The Labute approximate surface area is 205 Å². The first-order valence-electron chi connectivity index (χ1n) is 11.1. The molecule has 34 heavy (non-hydrogen) atoms. The summed E-state index contributed by atoms with van der Waals surface area (Å²) in [6, 6.07) is 10.8. The summed E-state index contributed by atoms with van der Waals surface area (Å²) in [6.45, 7) is 1.96. The van der Waals surface area contributed by atoms with Gasteiger partial charge in [-0.15, -0.1) is 0 Å². The van der Waals surface area contributed by atoms with Gasteiger partial charge in [-0.3, -0.25) is 9.78 Å². The molecular weight excluding hydrogens is 524 g/mol. The number of furan rings is 1. The predicted molar refractivity (Wildman–Crippen MR) is 128 cm³/mol. The summed E-state index contributed by atoms with van der Waals surface area (Å²) in [6.07, 6.45) is 4.49. The molecule has 1 spiro atoms. The number of benzene rings is 1. The van der Waals surface area contributed by atoms with Gasteiger partial charge in [0.05, 0.1) is 25.2 Å². The van der Waals surface area contributed by atoms with E-state index in [1.807, 2.05) is 12.1 Å². The summed E-state index contributed by atoms with van der Waals surface area (Å²) in [5.74, 6) is -0.243. The van der Waals surface area contributed by atoms with Crippen LogP contribution in [0.5, 0.6) is 0 Å². The zero-order chi connectivity index (χ0) is 23.5. The number of pyridine rings is 1. The van der Waals surface area contributed by atoms with Gasteiger partial charge in [0.15, 0.2) is 0 Å². The van der Waals surface area contributed by atoms with Crippen molar-refractivity contribution < 1.29 is 22.4 Å². The van der Waals surface area contributed by atoms with Crippen LogP contribution in [0.3, 0.4) is 0 Å². The third-order valence-electron chi connectivity index (χ3n) is 6.94. The maximum absolute atomic E-state index is 13.3. The Hall–Kier alpha value is -2.47. The van der Waals surface area contributed by atoms with Crippen LogP contribution in [0.15, 0.2) is 62.8 Å². The van der Waals surface area contributed by atoms with Crippen LogP contribution in [-0.4, -0.2) is 73.1 Å². The zero-order valence-electron chi connectivity index (χ0n) is 18.3. The number of hydrogen-bond acceptors (Lipinski definition) is 7. The van der Waals surface area contributed by atoms with Crippen molar-refractivity contribution in [3.05, 3.63) is 53.3 Å². The number of piperazine rings is 1. The first-order chi connectivity index (χ1) is 16.3. The number of anilines is 1. The summed E-state index contributed by atoms with van der Waals surface area (Å²) in [7, 11) is -3.99. The Morgan fingerprint density at radius 2 is 1.85 bits per heavy atom. The van der Waals surface area contributed by atoms with E-state index >= 15 is 0 Å². The molecule has 3 saturated heterocycles. The minimum Gasteiger partial charge on any atom is -0.443 e. The minimum absolute atomic E-state index is 0.0879. The van der Waals surface area contributed by atoms with Crippen molar-refractivity contribution in [3.8, 4) is 0 Å². The number of halogens is 1. The molecule has 3 aliphatic rings. The van der Waals surface area contributed by atoms with Gasteiger partial charge in [-0.25, -0.2) is 8.42 Å². The molecule has 6 rings (SSSR count). The van der Waals surface area contributed by atoms with Gasteiger partial charge in [0.2, 0.25) is 11.0 Å². The maximum atomic E-state index is 13.3. The summed E-state index contributed by atoms with van der Waals surface area (Å²) < 4.78 is 40.7. The predicted octanol–water partition coefficient (Wildman–Crippen LogP) is 2.82. The van der Waals surface area contributed by atoms with Crippen LogP contribution in [0.1, 0.15) is 12.8 Å². The molecule has 2 aromatic heterocycles. The van der Waals surface area contributed by atoms with E-state index < -0.39 is 21.9 Å². The fourth-order valence-electron chi connectivity index (χ4n) is 5.10. The van der Waals surface area contributed by atoms with Gasteiger partial charge in [-0.1, -0.05) is 15.9 Å². The highest BCUT2D eigenvalue weighted by molar-refractivity contribution is 9.10. The zero-order valence-corrected chi connectivity index (χ0v) is 20.7. The van der Waals surface area contributed by atoms with Crippen LogP contribution in [0.4, 0.5) is 5.69 Å². The molecule has 178 valence electrons. The van der Waals surface area contributed by atoms with Crippen LogP contribution in [-0.2, 0) is 19.6 Å². The number of piperidine rings is 1. The standard InChI is InChI=1S/C23H23BrN4O5S/c24-17-1-2-19-16(11-17)12-22(32-19)34(30,31)27-13-20(29)28-15-23(33-21(28)14-27)5-9-26(10-6-23)18-3-7-25-8-4-18/h1-4,7-8,11-12,21H,5-6,9-10,13-15H2. The van der Waals surface area contributed by atoms with Crippen LogP contribution in [0.2, 0.25) is 0 Å². The van der Waals surface area contributed by atoms with Crippen LogP contribution < -0.4 is 4.90 Å². The molecule has 1 aromatic carbocycles. The van der Waals surface area contributed by atoms with E-state index in [9.17, 15) is 13.2 Å². The van der Waals surface area contributed by atoms with Crippen molar-refractivity contribution in [3.63, 3.8) is 0 Å². The third-order valence-corrected chi connectivity index (χ3v) is 9.10. The molecule has 1 atom stereocenters. The molecule has 0 bridgehead atoms. The van der Waals surface area contributed by atoms with Gasteiger partial charge < -0.3 is 19.0 Å². The number of rotatable bonds is 3. The normalized spacial score (nSPS) is 23.1. The Morgan fingerprint density at radius 3 is 2.62 bits per heavy atom. The largest absolute Gasteiger partial charge is 0.443 e. The van der Waals surface area contributed by atoms with Gasteiger partial charge >= 0.3 is 0 Å². The van der Waals surface area contributed by atoms with Gasteiger partial charge in [0.25, 0.3) is 10.0 Å². The van der Waals surface area contributed by atoms with Crippen molar-refractivity contribution in [2.24, 2.45) is 0 Å². The van der Waals surface area contributed by atoms with Crippen molar-refractivity contribution in [1.82, 2.24) is 14.2 Å². The van der Waals surface area contributed by atoms with Crippen LogP contribution in [0, 0.1) is 0 Å². The first kappa shape index (κ1) is 22.0. The van der Waals surface area contributed by atoms with E-state index in [2.05, 4.69) is 25.8 Å². The number of nitrogens with zero attached hydrogens (tertiary/aromatic N) is 4. The summed E-state index contributed by atoms with van der Waals surface area (Å²) in [5, 5.41) is 0.509. The molecule has 9 nitrogen and oxygen atoms in total. The summed E-state index contributed by atoms with van der Waals surface area (Å²) in [4.78, 5) is 21.0. The topological polar surface area (TPSA) is 96.2 Å². The molecule has 5 heterocycles. The minimum atomic E-state index is -3.99. The molecule has 0 radical (unpaired) electrons. The van der Waals surface area contributed by atoms with Crippen molar-refractivity contribution in [2.75, 3.05) is 37.6 Å². The van der Waals surface area contributed by atoms with E-state index in [4.69, 9.17) is 9.15 Å². The lowest BCUT2D eigenvalue weighted by Gasteiger charge is -2.39. The lowest BCUT2D eigenvalue weighted by Crippen LogP contribution is -2.55. The SMILES string of the molecule is O=C1CN(S(=O)(=O)c2cc3cc(Br)ccc3o2)CC2OC3(CCN(c4ccncc4)CC3)CN12.